The molecule has 0 N–H and O–H groups in total. The number of ether oxygens (including phenoxy) is 1. The zero-order valence-electron chi connectivity index (χ0n) is 13.4. The number of thiazole rings is 1. The Morgan fingerprint density at radius 3 is 2.40 bits per heavy atom. The van der Waals surface area contributed by atoms with Gasteiger partial charge in [-0.05, 0) is 24.3 Å². The molecule has 0 fully saturated rings. The Kier molecular flexibility index (Phi) is 4.96. The van der Waals surface area contributed by atoms with Crippen molar-refractivity contribution in [2.75, 3.05) is 6.26 Å². The van der Waals surface area contributed by atoms with Gasteiger partial charge in [-0.1, -0.05) is 30.3 Å². The first-order valence-corrected chi connectivity index (χ1v) is 10.2. The molecule has 25 heavy (non-hydrogen) atoms. The predicted octanol–water partition coefficient (Wildman–Crippen LogP) is 3.57. The van der Waals surface area contributed by atoms with Crippen molar-refractivity contribution in [1.29, 1.82) is 0 Å². The fourth-order valence-electron chi connectivity index (χ4n) is 2.15. The molecule has 2 aromatic carbocycles. The van der Waals surface area contributed by atoms with Gasteiger partial charge in [-0.15, -0.1) is 11.3 Å². The van der Waals surface area contributed by atoms with Crippen LogP contribution in [0.3, 0.4) is 0 Å². The van der Waals surface area contributed by atoms with Crippen LogP contribution in [0.25, 0.3) is 10.6 Å². The lowest BCUT2D eigenvalue weighted by Gasteiger charge is -2.04. The second kappa shape index (κ2) is 7.16. The van der Waals surface area contributed by atoms with Gasteiger partial charge in [0, 0.05) is 17.2 Å². The van der Waals surface area contributed by atoms with E-state index < -0.39 is 15.8 Å². The van der Waals surface area contributed by atoms with Gasteiger partial charge in [-0.25, -0.2) is 18.2 Å². The molecule has 7 heteroatoms. The van der Waals surface area contributed by atoms with Crippen molar-refractivity contribution in [2.24, 2.45) is 0 Å². The lowest BCUT2D eigenvalue weighted by molar-refractivity contribution is 0.0468. The first-order chi connectivity index (χ1) is 11.9. The van der Waals surface area contributed by atoms with Gasteiger partial charge in [0.2, 0.25) is 0 Å². The van der Waals surface area contributed by atoms with Crippen LogP contribution in [0.5, 0.6) is 0 Å². The van der Waals surface area contributed by atoms with Crippen LogP contribution in [-0.2, 0) is 21.2 Å². The molecule has 1 heterocycles. The van der Waals surface area contributed by atoms with Gasteiger partial charge in [0.1, 0.15) is 11.6 Å². The summed E-state index contributed by atoms with van der Waals surface area (Å²) in [6, 6.07) is 15.4. The van der Waals surface area contributed by atoms with Crippen molar-refractivity contribution in [3.05, 3.63) is 71.2 Å². The molecule has 0 radical (unpaired) electrons. The standard InChI is InChI=1S/C18H15NO4S2/c1-25(21,22)16-9-7-14(8-10-16)18(20)23-11-15-12-24-17(19-15)13-5-3-2-4-6-13/h2-10,12H,11H2,1H3. The summed E-state index contributed by atoms with van der Waals surface area (Å²) in [6.45, 7) is 0.0655. The third-order valence-corrected chi connectivity index (χ3v) is 5.51. The van der Waals surface area contributed by atoms with E-state index in [1.54, 1.807) is 0 Å². The highest BCUT2D eigenvalue weighted by atomic mass is 32.2. The molecule has 0 unspecified atom stereocenters. The highest BCUT2D eigenvalue weighted by Gasteiger charge is 2.12. The molecule has 128 valence electrons. The maximum atomic E-state index is 12.1. The predicted molar refractivity (Wildman–Crippen MR) is 96.2 cm³/mol. The Labute approximate surface area is 149 Å². The van der Waals surface area contributed by atoms with Gasteiger partial charge in [0.15, 0.2) is 9.84 Å². The van der Waals surface area contributed by atoms with E-state index in [4.69, 9.17) is 4.74 Å². The number of sulfone groups is 1. The molecule has 0 aliphatic heterocycles. The van der Waals surface area contributed by atoms with E-state index in [9.17, 15) is 13.2 Å². The van der Waals surface area contributed by atoms with E-state index in [-0.39, 0.29) is 11.5 Å². The zero-order valence-corrected chi connectivity index (χ0v) is 15.0. The Morgan fingerprint density at radius 2 is 1.76 bits per heavy atom. The molecule has 0 saturated heterocycles. The largest absolute Gasteiger partial charge is 0.456 e. The van der Waals surface area contributed by atoms with Crippen LogP contribution >= 0.6 is 11.3 Å². The summed E-state index contributed by atoms with van der Waals surface area (Å²) in [7, 11) is -3.28. The summed E-state index contributed by atoms with van der Waals surface area (Å²) in [6.07, 6.45) is 1.12. The van der Waals surface area contributed by atoms with Gasteiger partial charge < -0.3 is 4.74 Å². The highest BCUT2D eigenvalue weighted by molar-refractivity contribution is 7.90. The van der Waals surface area contributed by atoms with Crippen LogP contribution in [0.2, 0.25) is 0 Å². The molecule has 0 aliphatic carbocycles. The molecular weight excluding hydrogens is 358 g/mol. The van der Waals surface area contributed by atoms with Gasteiger partial charge in [-0.2, -0.15) is 0 Å². The van der Waals surface area contributed by atoms with E-state index in [2.05, 4.69) is 4.98 Å². The van der Waals surface area contributed by atoms with Crippen LogP contribution in [0.4, 0.5) is 0 Å². The monoisotopic (exact) mass is 373 g/mol. The molecule has 0 spiro atoms. The van der Waals surface area contributed by atoms with Gasteiger partial charge >= 0.3 is 5.97 Å². The number of nitrogens with zero attached hydrogens (tertiary/aromatic N) is 1. The quantitative estimate of drug-likeness (QED) is 0.639. The molecule has 3 rings (SSSR count). The smallest absolute Gasteiger partial charge is 0.338 e. The zero-order chi connectivity index (χ0) is 17.9. The topological polar surface area (TPSA) is 73.3 Å². The minimum Gasteiger partial charge on any atom is -0.456 e. The Morgan fingerprint density at radius 1 is 1.08 bits per heavy atom. The average Bonchev–Trinajstić information content (AvgIpc) is 3.09. The molecule has 0 aliphatic rings. The Balaban J connectivity index is 1.64. The third-order valence-electron chi connectivity index (χ3n) is 3.44. The van der Waals surface area contributed by atoms with Crippen molar-refractivity contribution in [2.45, 2.75) is 11.5 Å². The molecule has 0 atom stereocenters. The lowest BCUT2D eigenvalue weighted by atomic mass is 10.2. The number of aromatic nitrogens is 1. The maximum Gasteiger partial charge on any atom is 0.338 e. The first-order valence-electron chi connectivity index (χ1n) is 7.40. The number of hydrogen-bond donors (Lipinski definition) is 0. The van der Waals surface area contributed by atoms with Crippen LogP contribution in [0.15, 0.2) is 64.9 Å². The SMILES string of the molecule is CS(=O)(=O)c1ccc(C(=O)OCc2csc(-c3ccccc3)n2)cc1. The number of hydrogen-bond acceptors (Lipinski definition) is 6. The Bertz CT molecular complexity index is 977. The molecule has 0 bridgehead atoms. The van der Waals surface area contributed by atoms with Crippen LogP contribution in [0, 0.1) is 0 Å². The second-order valence-corrected chi connectivity index (χ2v) is 8.26. The van der Waals surface area contributed by atoms with E-state index in [0.717, 1.165) is 16.8 Å². The van der Waals surface area contributed by atoms with Gasteiger partial charge in [0.25, 0.3) is 0 Å². The van der Waals surface area contributed by atoms with Gasteiger partial charge in [0.05, 0.1) is 16.2 Å². The molecule has 0 saturated carbocycles. The summed E-state index contributed by atoms with van der Waals surface area (Å²) in [5.41, 5.74) is 1.98. The summed E-state index contributed by atoms with van der Waals surface area (Å²) in [4.78, 5) is 16.7. The fourth-order valence-corrected chi connectivity index (χ4v) is 3.59. The molecule has 0 amide bonds. The normalized spacial score (nSPS) is 11.2. The minimum absolute atomic E-state index is 0.0655. The molecule has 5 nitrogen and oxygen atoms in total. The molecular formula is C18H15NO4S2. The maximum absolute atomic E-state index is 12.1. The van der Waals surface area contributed by atoms with Crippen LogP contribution in [-0.4, -0.2) is 25.6 Å². The summed E-state index contributed by atoms with van der Waals surface area (Å²) in [5.74, 6) is -0.519. The van der Waals surface area contributed by atoms with Crippen LogP contribution in [0.1, 0.15) is 16.1 Å². The third kappa shape index (κ3) is 4.32. The van der Waals surface area contributed by atoms with Crippen molar-refractivity contribution < 1.29 is 17.9 Å². The average molecular weight is 373 g/mol. The number of esters is 1. The summed E-state index contributed by atoms with van der Waals surface area (Å²) in [5, 5.41) is 2.71. The van der Waals surface area contributed by atoms with Crippen molar-refractivity contribution in [3.63, 3.8) is 0 Å². The number of carbonyl (C=O) groups excluding carboxylic acids is 1. The van der Waals surface area contributed by atoms with E-state index in [0.29, 0.717) is 11.3 Å². The van der Waals surface area contributed by atoms with Crippen molar-refractivity contribution >= 4 is 27.1 Å². The molecule has 3 aromatic rings. The number of benzene rings is 2. The number of rotatable bonds is 5. The summed E-state index contributed by atoms with van der Waals surface area (Å²) < 4.78 is 28.1. The highest BCUT2D eigenvalue weighted by Crippen LogP contribution is 2.23. The second-order valence-electron chi connectivity index (χ2n) is 5.38. The number of carbonyl (C=O) groups is 1. The first kappa shape index (κ1) is 17.3. The summed E-state index contributed by atoms with van der Waals surface area (Å²) >= 11 is 1.49. The van der Waals surface area contributed by atoms with Crippen molar-refractivity contribution in [1.82, 2.24) is 4.98 Å². The van der Waals surface area contributed by atoms with Crippen LogP contribution < -0.4 is 0 Å². The minimum atomic E-state index is -3.28. The fraction of sp³-hybridized carbons (Fsp3) is 0.111. The van der Waals surface area contributed by atoms with E-state index >= 15 is 0 Å². The molecule has 1 aromatic heterocycles. The van der Waals surface area contributed by atoms with E-state index in [1.165, 1.54) is 35.6 Å². The Hall–Kier alpha value is -2.51. The lowest BCUT2D eigenvalue weighted by Crippen LogP contribution is -2.06. The van der Waals surface area contributed by atoms with Crippen molar-refractivity contribution in [3.8, 4) is 10.6 Å². The van der Waals surface area contributed by atoms with E-state index in [1.807, 2.05) is 35.7 Å². The van der Waals surface area contributed by atoms with Gasteiger partial charge in [-0.3, -0.25) is 0 Å².